The maximum Gasteiger partial charge on any atom is 0.305 e. The summed E-state index contributed by atoms with van der Waals surface area (Å²) in [6.07, 6.45) is 19.6. The van der Waals surface area contributed by atoms with Gasteiger partial charge < -0.3 is 14.6 Å². The summed E-state index contributed by atoms with van der Waals surface area (Å²) in [7, 11) is 0. The highest BCUT2D eigenvalue weighted by Gasteiger charge is 2.52. The van der Waals surface area contributed by atoms with Crippen molar-refractivity contribution < 1.29 is 19.4 Å². The lowest BCUT2D eigenvalue weighted by atomic mass is 9.62. The molecule has 188 valence electrons. The van der Waals surface area contributed by atoms with E-state index in [1.807, 2.05) is 13.0 Å². The summed E-state index contributed by atoms with van der Waals surface area (Å²) in [5.74, 6) is 0.159. The van der Waals surface area contributed by atoms with E-state index in [1.165, 1.54) is 64.2 Å². The number of ether oxygens (including phenoxy) is 2. The van der Waals surface area contributed by atoms with Crippen molar-refractivity contribution in [3.8, 4) is 0 Å². The summed E-state index contributed by atoms with van der Waals surface area (Å²) in [5.41, 5.74) is -0.419. The first-order chi connectivity index (χ1) is 15.3. The van der Waals surface area contributed by atoms with Crippen molar-refractivity contribution in [2.24, 2.45) is 11.3 Å². The molecule has 32 heavy (non-hydrogen) atoms. The highest BCUT2D eigenvalue weighted by molar-refractivity contribution is 5.69. The van der Waals surface area contributed by atoms with Crippen LogP contribution in [-0.4, -0.2) is 36.0 Å². The van der Waals surface area contributed by atoms with Gasteiger partial charge in [0.15, 0.2) is 0 Å². The second-order valence-electron chi connectivity index (χ2n) is 10.4. The van der Waals surface area contributed by atoms with E-state index in [0.717, 1.165) is 25.7 Å². The van der Waals surface area contributed by atoms with Gasteiger partial charge in [0, 0.05) is 11.8 Å². The van der Waals surface area contributed by atoms with Crippen LogP contribution in [0.2, 0.25) is 0 Å². The first kappa shape index (κ1) is 29.2. The highest BCUT2D eigenvalue weighted by atomic mass is 16.5. The molecule has 0 bridgehead atoms. The Morgan fingerprint density at radius 3 is 1.91 bits per heavy atom. The third kappa shape index (κ3) is 9.55. The van der Waals surface area contributed by atoms with Gasteiger partial charge in [-0.25, -0.2) is 0 Å². The second kappa shape index (κ2) is 15.9. The van der Waals surface area contributed by atoms with Gasteiger partial charge in [-0.3, -0.25) is 4.79 Å². The Bertz CT molecular complexity index is 516. The van der Waals surface area contributed by atoms with E-state index >= 15 is 0 Å². The van der Waals surface area contributed by atoms with Gasteiger partial charge in [0.25, 0.3) is 0 Å². The van der Waals surface area contributed by atoms with Gasteiger partial charge in [-0.2, -0.15) is 0 Å². The minimum atomic E-state index is -0.380. The third-order valence-electron chi connectivity index (χ3n) is 7.88. The molecule has 1 N–H and O–H groups in total. The maximum atomic E-state index is 11.3. The van der Waals surface area contributed by atoms with Crippen molar-refractivity contribution in [3.63, 3.8) is 0 Å². The zero-order chi connectivity index (χ0) is 23.9. The van der Waals surface area contributed by atoms with Crippen molar-refractivity contribution in [2.45, 2.75) is 136 Å². The van der Waals surface area contributed by atoms with Gasteiger partial charge >= 0.3 is 5.97 Å². The Morgan fingerprint density at radius 1 is 0.969 bits per heavy atom. The summed E-state index contributed by atoms with van der Waals surface area (Å²) >= 11 is 0. The Morgan fingerprint density at radius 2 is 1.44 bits per heavy atom. The van der Waals surface area contributed by atoms with Crippen LogP contribution >= 0.6 is 0 Å². The Labute approximate surface area is 198 Å². The molecule has 0 spiro atoms. The lowest BCUT2D eigenvalue weighted by Crippen LogP contribution is -2.57. The third-order valence-corrected chi connectivity index (χ3v) is 7.88. The molecule has 4 nitrogen and oxygen atoms in total. The number of esters is 1. The molecule has 1 aliphatic rings. The molecule has 1 rings (SSSR count). The fourth-order valence-electron chi connectivity index (χ4n) is 5.08. The molecule has 1 saturated heterocycles. The lowest BCUT2D eigenvalue weighted by Gasteiger charge is -2.53. The monoisotopic (exact) mass is 452 g/mol. The molecule has 0 aliphatic carbocycles. The summed E-state index contributed by atoms with van der Waals surface area (Å²) in [4.78, 5) is 11.3. The van der Waals surface area contributed by atoms with Gasteiger partial charge in [-0.15, -0.1) is 6.58 Å². The molecule has 1 fully saturated rings. The van der Waals surface area contributed by atoms with Crippen LogP contribution in [0.1, 0.15) is 124 Å². The van der Waals surface area contributed by atoms with Gasteiger partial charge in [-0.05, 0) is 25.7 Å². The molecule has 3 atom stereocenters. The Balaban J connectivity index is 1.98. The van der Waals surface area contributed by atoms with E-state index < -0.39 is 0 Å². The predicted molar refractivity (Wildman–Crippen MR) is 134 cm³/mol. The highest BCUT2D eigenvalue weighted by Crippen LogP contribution is 2.49. The van der Waals surface area contributed by atoms with E-state index in [0.29, 0.717) is 19.6 Å². The molecular weight excluding hydrogens is 400 g/mol. The van der Waals surface area contributed by atoms with Crippen LogP contribution in [0.25, 0.3) is 0 Å². The van der Waals surface area contributed by atoms with Crippen LogP contribution in [0.15, 0.2) is 12.7 Å². The van der Waals surface area contributed by atoms with Gasteiger partial charge in [0.2, 0.25) is 0 Å². The minimum absolute atomic E-state index is 0.0479. The Kier molecular flexibility index (Phi) is 14.5. The van der Waals surface area contributed by atoms with Crippen molar-refractivity contribution >= 4 is 5.97 Å². The molecule has 1 aliphatic heterocycles. The summed E-state index contributed by atoms with van der Waals surface area (Å²) < 4.78 is 11.1. The van der Waals surface area contributed by atoms with Gasteiger partial charge in [0.1, 0.15) is 0 Å². The van der Waals surface area contributed by atoms with E-state index in [9.17, 15) is 9.90 Å². The fraction of sp³-hybridized carbons (Fsp3) is 0.893. The molecule has 4 heteroatoms. The average Bonchev–Trinajstić information content (AvgIpc) is 2.76. The number of hydrogen-bond acceptors (Lipinski definition) is 4. The zero-order valence-electron chi connectivity index (χ0n) is 21.6. The number of hydrogen-bond donors (Lipinski definition) is 1. The largest absolute Gasteiger partial charge is 0.466 e. The van der Waals surface area contributed by atoms with E-state index in [-0.39, 0.29) is 29.0 Å². The molecule has 0 saturated carbocycles. The summed E-state index contributed by atoms with van der Waals surface area (Å²) in [6.45, 7) is 13.4. The molecule has 0 radical (unpaired) electrons. The standard InChI is InChI=1S/C28H52O4/c1-6-28(27(4,5)24(3)25(29)23-32-28)22-20-18-16-14-12-10-8-9-11-13-15-17-19-21-26(30)31-7-2/h6,24-25,29H,1,7-23H2,2-5H3/t24-,25-,28?/m0/s1. The number of carbonyl (C=O) groups is 1. The predicted octanol–water partition coefficient (Wildman–Crippen LogP) is 7.38. The van der Waals surface area contributed by atoms with Crippen LogP contribution in [0.5, 0.6) is 0 Å². The van der Waals surface area contributed by atoms with E-state index in [2.05, 4.69) is 27.4 Å². The quantitative estimate of drug-likeness (QED) is 0.134. The SMILES string of the molecule is C=CC1(CCCCCCCCCCCCCCCC(=O)OCC)OC[C@H](O)[C@H](C)C1(C)C. The number of carbonyl (C=O) groups excluding carboxylic acids is 1. The van der Waals surface area contributed by atoms with E-state index in [4.69, 9.17) is 9.47 Å². The normalized spacial score (nSPS) is 24.9. The van der Waals surface area contributed by atoms with Crippen LogP contribution in [0.4, 0.5) is 0 Å². The smallest absolute Gasteiger partial charge is 0.305 e. The van der Waals surface area contributed by atoms with Gasteiger partial charge in [0.05, 0.1) is 24.9 Å². The molecule has 1 unspecified atom stereocenters. The molecule has 1 heterocycles. The first-order valence-corrected chi connectivity index (χ1v) is 13.4. The number of aliphatic hydroxyl groups is 1. The molecule has 0 aromatic carbocycles. The van der Waals surface area contributed by atoms with Crippen molar-refractivity contribution in [1.29, 1.82) is 0 Å². The molecule has 0 amide bonds. The summed E-state index contributed by atoms with van der Waals surface area (Å²) in [5, 5.41) is 10.2. The maximum absolute atomic E-state index is 11.3. The number of aliphatic hydroxyl groups excluding tert-OH is 1. The van der Waals surface area contributed by atoms with Crippen LogP contribution < -0.4 is 0 Å². The van der Waals surface area contributed by atoms with Crippen LogP contribution in [0, 0.1) is 11.3 Å². The van der Waals surface area contributed by atoms with Crippen molar-refractivity contribution in [2.75, 3.05) is 13.2 Å². The Hall–Kier alpha value is -0.870. The summed E-state index contributed by atoms with van der Waals surface area (Å²) in [6, 6.07) is 0. The molecule has 0 aromatic rings. The fourth-order valence-corrected chi connectivity index (χ4v) is 5.08. The van der Waals surface area contributed by atoms with E-state index in [1.54, 1.807) is 0 Å². The molecular formula is C28H52O4. The first-order valence-electron chi connectivity index (χ1n) is 13.4. The minimum Gasteiger partial charge on any atom is -0.466 e. The average molecular weight is 453 g/mol. The zero-order valence-corrected chi connectivity index (χ0v) is 21.6. The molecule has 0 aromatic heterocycles. The van der Waals surface area contributed by atoms with Crippen LogP contribution in [-0.2, 0) is 14.3 Å². The number of rotatable bonds is 18. The number of unbranched alkanes of at least 4 members (excludes halogenated alkanes) is 12. The van der Waals surface area contributed by atoms with Crippen molar-refractivity contribution in [1.82, 2.24) is 0 Å². The lowest BCUT2D eigenvalue weighted by molar-refractivity contribution is -0.201. The van der Waals surface area contributed by atoms with Crippen LogP contribution in [0.3, 0.4) is 0 Å². The van der Waals surface area contributed by atoms with Crippen molar-refractivity contribution in [3.05, 3.63) is 12.7 Å². The second-order valence-corrected chi connectivity index (χ2v) is 10.4. The topological polar surface area (TPSA) is 55.8 Å². The van der Waals surface area contributed by atoms with Gasteiger partial charge in [-0.1, -0.05) is 104 Å².